The fourth-order valence-corrected chi connectivity index (χ4v) is 2.06. The first-order valence-corrected chi connectivity index (χ1v) is 6.24. The predicted octanol–water partition coefficient (Wildman–Crippen LogP) is 3.86. The minimum atomic E-state index is -0.157. The van der Waals surface area contributed by atoms with Gasteiger partial charge in [0, 0.05) is 10.0 Å². The highest BCUT2D eigenvalue weighted by molar-refractivity contribution is 9.10. The zero-order valence-corrected chi connectivity index (χ0v) is 11.0. The number of nitriles is 1. The van der Waals surface area contributed by atoms with E-state index < -0.39 is 0 Å². The van der Waals surface area contributed by atoms with E-state index in [1.807, 2.05) is 31.2 Å². The van der Waals surface area contributed by atoms with Crippen LogP contribution in [0.3, 0.4) is 0 Å². The molecule has 0 saturated heterocycles. The van der Waals surface area contributed by atoms with Crippen LogP contribution in [0.4, 0.5) is 0 Å². The summed E-state index contributed by atoms with van der Waals surface area (Å²) in [6.45, 7) is 1.98. The third-order valence-electron chi connectivity index (χ3n) is 2.63. The molecule has 1 atom stereocenters. The van der Waals surface area contributed by atoms with Crippen LogP contribution in [0.5, 0.6) is 0 Å². The van der Waals surface area contributed by atoms with Crippen molar-refractivity contribution < 1.29 is 0 Å². The molecule has 0 fully saturated rings. The summed E-state index contributed by atoms with van der Waals surface area (Å²) in [6, 6.07) is 10.2. The predicted molar refractivity (Wildman–Crippen MR) is 70.4 cm³/mol. The van der Waals surface area contributed by atoms with Crippen LogP contribution >= 0.6 is 15.9 Å². The van der Waals surface area contributed by atoms with Crippen molar-refractivity contribution in [3.63, 3.8) is 0 Å². The van der Waals surface area contributed by atoms with Gasteiger partial charge in [0.25, 0.3) is 0 Å². The van der Waals surface area contributed by atoms with Gasteiger partial charge in [-0.2, -0.15) is 5.26 Å². The summed E-state index contributed by atoms with van der Waals surface area (Å²) in [5, 5.41) is 8.99. The number of hydrogen-bond acceptors (Lipinski definition) is 2. The van der Waals surface area contributed by atoms with Gasteiger partial charge in [-0.1, -0.05) is 35.0 Å². The Balaban J connectivity index is 2.33. The fraction of sp³-hybridized carbons (Fsp3) is 0.231. The van der Waals surface area contributed by atoms with E-state index >= 15 is 0 Å². The molecule has 0 aliphatic heterocycles. The van der Waals surface area contributed by atoms with Crippen LogP contribution in [0.2, 0.25) is 0 Å². The van der Waals surface area contributed by atoms with Crippen LogP contribution in [-0.2, 0) is 0 Å². The molecule has 0 aliphatic carbocycles. The maximum absolute atomic E-state index is 8.99. The summed E-state index contributed by atoms with van der Waals surface area (Å²) in [5.74, 6) is 0.584. The third kappa shape index (κ3) is 2.56. The van der Waals surface area contributed by atoms with Crippen molar-refractivity contribution in [3.8, 4) is 17.3 Å². The highest BCUT2D eigenvalue weighted by Gasteiger charge is 2.12. The molecule has 2 rings (SSSR count). The Morgan fingerprint density at radius 1 is 1.53 bits per heavy atom. The second-order valence-corrected chi connectivity index (χ2v) is 4.70. The molecular formula is C13H12BrN3. The van der Waals surface area contributed by atoms with Gasteiger partial charge in [-0.25, -0.2) is 4.98 Å². The van der Waals surface area contributed by atoms with E-state index in [0.29, 0.717) is 0 Å². The van der Waals surface area contributed by atoms with Crippen molar-refractivity contribution >= 4 is 15.9 Å². The topological polar surface area (TPSA) is 52.5 Å². The zero-order chi connectivity index (χ0) is 12.3. The lowest BCUT2D eigenvalue weighted by Crippen LogP contribution is -1.95. The van der Waals surface area contributed by atoms with Crippen LogP contribution in [0.25, 0.3) is 11.3 Å². The molecule has 17 heavy (non-hydrogen) atoms. The number of imidazole rings is 1. The number of rotatable bonds is 3. The van der Waals surface area contributed by atoms with Crippen LogP contribution in [0.15, 0.2) is 34.9 Å². The molecule has 3 nitrogen and oxygen atoms in total. The lowest BCUT2D eigenvalue weighted by atomic mass is 10.1. The highest BCUT2D eigenvalue weighted by atomic mass is 79.9. The fourth-order valence-electron chi connectivity index (χ4n) is 1.66. The van der Waals surface area contributed by atoms with Gasteiger partial charge in [-0.15, -0.1) is 0 Å². The van der Waals surface area contributed by atoms with Gasteiger partial charge in [0.15, 0.2) is 0 Å². The Hall–Kier alpha value is -1.60. The normalized spacial score (nSPS) is 12.1. The molecule has 0 bridgehead atoms. The van der Waals surface area contributed by atoms with Crippen molar-refractivity contribution in [1.82, 2.24) is 9.97 Å². The molecule has 0 amide bonds. The second kappa shape index (κ2) is 5.15. The monoisotopic (exact) mass is 289 g/mol. The Morgan fingerprint density at radius 3 is 3.00 bits per heavy atom. The average Bonchev–Trinajstić information content (AvgIpc) is 2.80. The minimum Gasteiger partial charge on any atom is -0.341 e. The second-order valence-electron chi connectivity index (χ2n) is 3.78. The van der Waals surface area contributed by atoms with Crippen molar-refractivity contribution in [2.24, 2.45) is 0 Å². The maximum Gasteiger partial charge on any atom is 0.123 e. The number of H-pyrrole nitrogens is 1. The number of benzene rings is 1. The van der Waals surface area contributed by atoms with E-state index in [0.717, 1.165) is 28.0 Å². The Bertz CT molecular complexity index is 554. The average molecular weight is 290 g/mol. The van der Waals surface area contributed by atoms with Crippen LogP contribution < -0.4 is 0 Å². The molecule has 1 N–H and O–H groups in total. The number of aromatic amines is 1. The molecule has 0 aliphatic rings. The Morgan fingerprint density at radius 2 is 2.35 bits per heavy atom. The largest absolute Gasteiger partial charge is 0.341 e. The lowest BCUT2D eigenvalue weighted by Gasteiger charge is -2.01. The molecule has 2 aromatic rings. The first kappa shape index (κ1) is 11.9. The van der Waals surface area contributed by atoms with Crippen molar-refractivity contribution in [2.45, 2.75) is 19.3 Å². The summed E-state index contributed by atoms with van der Waals surface area (Å²) in [7, 11) is 0. The third-order valence-corrected chi connectivity index (χ3v) is 3.12. The van der Waals surface area contributed by atoms with Crippen molar-refractivity contribution in [3.05, 3.63) is 40.8 Å². The summed E-state index contributed by atoms with van der Waals surface area (Å²) >= 11 is 3.44. The van der Waals surface area contributed by atoms with E-state index in [4.69, 9.17) is 5.26 Å². The number of halogens is 1. The molecule has 0 spiro atoms. The van der Waals surface area contributed by atoms with E-state index in [-0.39, 0.29) is 5.92 Å². The van der Waals surface area contributed by atoms with E-state index in [1.165, 1.54) is 0 Å². The molecule has 1 heterocycles. The molecule has 4 heteroatoms. The van der Waals surface area contributed by atoms with Crippen LogP contribution in [0.1, 0.15) is 25.1 Å². The van der Waals surface area contributed by atoms with Crippen molar-refractivity contribution in [2.75, 3.05) is 0 Å². The van der Waals surface area contributed by atoms with Gasteiger partial charge in [-0.05, 0) is 18.6 Å². The molecule has 86 valence electrons. The highest BCUT2D eigenvalue weighted by Crippen LogP contribution is 2.23. The van der Waals surface area contributed by atoms with Gasteiger partial charge in [0.2, 0.25) is 0 Å². The molecule has 0 saturated carbocycles. The summed E-state index contributed by atoms with van der Waals surface area (Å²) in [4.78, 5) is 7.48. The van der Waals surface area contributed by atoms with Gasteiger partial charge < -0.3 is 4.98 Å². The minimum absolute atomic E-state index is 0.157. The summed E-state index contributed by atoms with van der Waals surface area (Å²) < 4.78 is 1.03. The lowest BCUT2D eigenvalue weighted by molar-refractivity contribution is 0.766. The molecular weight excluding hydrogens is 278 g/mol. The van der Waals surface area contributed by atoms with Crippen molar-refractivity contribution in [1.29, 1.82) is 5.26 Å². The number of nitrogens with zero attached hydrogens (tertiary/aromatic N) is 2. The van der Waals surface area contributed by atoms with E-state index in [2.05, 4.69) is 32.0 Å². The number of nitrogens with one attached hydrogen (secondary N) is 1. The van der Waals surface area contributed by atoms with Gasteiger partial charge >= 0.3 is 0 Å². The number of hydrogen-bond donors (Lipinski definition) is 1. The standard InChI is InChI=1S/C13H12BrN3/c1-2-9(7-15)13-16-8-12(17-13)10-4-3-5-11(14)6-10/h3-6,8-9H,2H2,1H3,(H,16,17). The molecule has 1 aromatic carbocycles. The first-order chi connectivity index (χ1) is 8.24. The van der Waals surface area contributed by atoms with Gasteiger partial charge in [0.1, 0.15) is 11.7 Å². The van der Waals surface area contributed by atoms with Crippen LogP contribution in [0, 0.1) is 11.3 Å². The van der Waals surface area contributed by atoms with E-state index in [1.54, 1.807) is 6.20 Å². The number of aromatic nitrogens is 2. The quantitative estimate of drug-likeness (QED) is 0.933. The Labute approximate surface area is 109 Å². The summed E-state index contributed by atoms with van der Waals surface area (Å²) in [5.41, 5.74) is 2.00. The Kier molecular flexibility index (Phi) is 3.60. The molecule has 0 radical (unpaired) electrons. The SMILES string of the molecule is CCC(C#N)c1ncc(-c2cccc(Br)c2)[nH]1. The van der Waals surface area contributed by atoms with Gasteiger partial charge in [0.05, 0.1) is 18.0 Å². The molecule has 1 unspecified atom stereocenters. The van der Waals surface area contributed by atoms with E-state index in [9.17, 15) is 0 Å². The zero-order valence-electron chi connectivity index (χ0n) is 9.44. The first-order valence-electron chi connectivity index (χ1n) is 5.45. The molecule has 1 aromatic heterocycles. The van der Waals surface area contributed by atoms with Gasteiger partial charge in [-0.3, -0.25) is 0 Å². The summed E-state index contributed by atoms with van der Waals surface area (Å²) in [6.07, 6.45) is 2.54. The maximum atomic E-state index is 8.99. The van der Waals surface area contributed by atoms with Crippen LogP contribution in [-0.4, -0.2) is 9.97 Å². The smallest absolute Gasteiger partial charge is 0.123 e.